The standard InChI is InChI=1S/C23H30ClN5O/c1-25-23-19-15-28(2)12-10-20(19)26-22(27-23)17-6-4-11-29(14-17)21(30)9-8-16-5-3-7-18(24)13-16/h3,5,7,13,17H,4,6,8-12,14-15H2,1-2H3,(H,25,26,27). The lowest BCUT2D eigenvalue weighted by Gasteiger charge is -2.33. The highest BCUT2D eigenvalue weighted by Crippen LogP contribution is 2.30. The van der Waals surface area contributed by atoms with Crippen molar-refractivity contribution in [3.05, 3.63) is 51.9 Å². The van der Waals surface area contributed by atoms with Crippen LogP contribution in [0.15, 0.2) is 24.3 Å². The quantitative estimate of drug-likeness (QED) is 0.791. The molecule has 1 fully saturated rings. The summed E-state index contributed by atoms with van der Waals surface area (Å²) in [6.07, 6.45) is 4.19. The van der Waals surface area contributed by atoms with Crippen molar-refractivity contribution in [1.82, 2.24) is 19.8 Å². The van der Waals surface area contributed by atoms with Gasteiger partial charge in [0.15, 0.2) is 0 Å². The molecule has 30 heavy (non-hydrogen) atoms. The summed E-state index contributed by atoms with van der Waals surface area (Å²) in [7, 11) is 4.05. The zero-order valence-corrected chi connectivity index (χ0v) is 18.6. The normalized spacial score (nSPS) is 19.4. The summed E-state index contributed by atoms with van der Waals surface area (Å²) in [5.41, 5.74) is 3.47. The van der Waals surface area contributed by atoms with Crippen LogP contribution in [0.3, 0.4) is 0 Å². The van der Waals surface area contributed by atoms with Gasteiger partial charge in [0.05, 0.1) is 5.69 Å². The van der Waals surface area contributed by atoms with Crippen molar-refractivity contribution in [3.63, 3.8) is 0 Å². The van der Waals surface area contributed by atoms with Crippen LogP contribution in [0, 0.1) is 0 Å². The Kier molecular flexibility index (Phi) is 6.54. The Balaban J connectivity index is 1.44. The van der Waals surface area contributed by atoms with Gasteiger partial charge in [0.25, 0.3) is 0 Å². The second kappa shape index (κ2) is 9.31. The Bertz CT molecular complexity index is 901. The molecule has 1 N–H and O–H groups in total. The van der Waals surface area contributed by atoms with Crippen molar-refractivity contribution in [2.24, 2.45) is 0 Å². The number of hydrogen-bond acceptors (Lipinski definition) is 5. The third-order valence-electron chi connectivity index (χ3n) is 6.16. The molecule has 2 aliphatic heterocycles. The van der Waals surface area contributed by atoms with E-state index in [0.717, 1.165) is 61.8 Å². The summed E-state index contributed by atoms with van der Waals surface area (Å²) < 4.78 is 0. The first-order valence-corrected chi connectivity index (χ1v) is 11.2. The number of rotatable bonds is 5. The number of hydrogen-bond donors (Lipinski definition) is 1. The van der Waals surface area contributed by atoms with E-state index in [1.807, 2.05) is 36.2 Å². The number of carbonyl (C=O) groups excluding carboxylic acids is 1. The molecule has 1 aromatic carbocycles. The van der Waals surface area contributed by atoms with E-state index in [-0.39, 0.29) is 11.8 Å². The zero-order valence-electron chi connectivity index (χ0n) is 17.8. The van der Waals surface area contributed by atoms with Crippen LogP contribution in [0.1, 0.15) is 47.8 Å². The number of halogens is 1. The topological polar surface area (TPSA) is 61.4 Å². The number of carbonyl (C=O) groups is 1. The van der Waals surface area contributed by atoms with Crippen molar-refractivity contribution < 1.29 is 4.79 Å². The minimum Gasteiger partial charge on any atom is -0.373 e. The van der Waals surface area contributed by atoms with Crippen LogP contribution >= 0.6 is 11.6 Å². The van der Waals surface area contributed by atoms with E-state index in [1.54, 1.807) is 0 Å². The largest absolute Gasteiger partial charge is 0.373 e. The number of aromatic nitrogens is 2. The molecule has 0 saturated carbocycles. The molecular formula is C23H30ClN5O. The molecular weight excluding hydrogens is 398 g/mol. The lowest BCUT2D eigenvalue weighted by atomic mass is 9.95. The molecule has 0 aliphatic carbocycles. The zero-order chi connectivity index (χ0) is 21.1. The number of aryl methyl sites for hydroxylation is 1. The Morgan fingerprint density at radius 1 is 1.30 bits per heavy atom. The molecule has 1 atom stereocenters. The number of piperidine rings is 1. The van der Waals surface area contributed by atoms with Gasteiger partial charge in [-0.05, 0) is 44.0 Å². The van der Waals surface area contributed by atoms with E-state index in [2.05, 4.69) is 17.3 Å². The SMILES string of the molecule is CNc1nc(C2CCCN(C(=O)CCc3cccc(Cl)c3)C2)nc2c1CN(C)CC2. The Labute approximate surface area is 183 Å². The van der Waals surface area contributed by atoms with E-state index in [9.17, 15) is 4.79 Å². The predicted molar refractivity (Wildman–Crippen MR) is 120 cm³/mol. The number of fused-ring (bicyclic) bond motifs is 1. The highest BCUT2D eigenvalue weighted by atomic mass is 35.5. The van der Waals surface area contributed by atoms with Gasteiger partial charge >= 0.3 is 0 Å². The van der Waals surface area contributed by atoms with Crippen LogP contribution in [0.5, 0.6) is 0 Å². The van der Waals surface area contributed by atoms with Gasteiger partial charge in [-0.15, -0.1) is 0 Å². The number of likely N-dealkylation sites (N-methyl/N-ethyl adjacent to an activating group) is 1. The fraction of sp³-hybridized carbons (Fsp3) is 0.522. The van der Waals surface area contributed by atoms with Crippen molar-refractivity contribution in [2.75, 3.05) is 39.0 Å². The summed E-state index contributed by atoms with van der Waals surface area (Å²) >= 11 is 6.06. The first-order chi connectivity index (χ1) is 14.5. The second-order valence-electron chi connectivity index (χ2n) is 8.40. The molecule has 2 aliphatic rings. The number of likely N-dealkylation sites (tertiary alicyclic amines) is 1. The van der Waals surface area contributed by atoms with Crippen molar-refractivity contribution in [1.29, 1.82) is 0 Å². The maximum atomic E-state index is 12.9. The molecule has 1 unspecified atom stereocenters. The molecule has 1 saturated heterocycles. The Morgan fingerprint density at radius 2 is 2.17 bits per heavy atom. The Morgan fingerprint density at radius 3 is 2.97 bits per heavy atom. The fourth-order valence-corrected chi connectivity index (χ4v) is 4.69. The summed E-state index contributed by atoms with van der Waals surface area (Å²) in [5.74, 6) is 2.22. The van der Waals surface area contributed by atoms with Gasteiger partial charge < -0.3 is 15.1 Å². The number of benzene rings is 1. The molecule has 3 heterocycles. The number of anilines is 1. The minimum atomic E-state index is 0.200. The number of amides is 1. The molecule has 2 aromatic rings. The molecule has 160 valence electrons. The van der Waals surface area contributed by atoms with Crippen molar-refractivity contribution >= 4 is 23.3 Å². The number of nitrogens with one attached hydrogen (secondary N) is 1. The Hall–Kier alpha value is -2.18. The van der Waals surface area contributed by atoms with Crippen molar-refractivity contribution in [3.8, 4) is 0 Å². The van der Waals surface area contributed by atoms with E-state index in [0.29, 0.717) is 24.4 Å². The summed E-state index contributed by atoms with van der Waals surface area (Å²) in [4.78, 5) is 27.0. The van der Waals surface area contributed by atoms with E-state index >= 15 is 0 Å². The molecule has 1 aromatic heterocycles. The van der Waals surface area contributed by atoms with Gasteiger partial charge in [0.1, 0.15) is 11.6 Å². The summed E-state index contributed by atoms with van der Waals surface area (Å²) in [6, 6.07) is 7.75. The van der Waals surface area contributed by atoms with E-state index < -0.39 is 0 Å². The number of nitrogens with zero attached hydrogens (tertiary/aromatic N) is 4. The lowest BCUT2D eigenvalue weighted by molar-refractivity contribution is -0.132. The van der Waals surface area contributed by atoms with Crippen LogP contribution in [0.4, 0.5) is 5.82 Å². The second-order valence-corrected chi connectivity index (χ2v) is 8.84. The first-order valence-electron chi connectivity index (χ1n) is 10.8. The maximum absolute atomic E-state index is 12.9. The highest BCUT2D eigenvalue weighted by molar-refractivity contribution is 6.30. The smallest absolute Gasteiger partial charge is 0.222 e. The third kappa shape index (κ3) is 4.76. The van der Waals surface area contributed by atoms with Crippen LogP contribution in [0.25, 0.3) is 0 Å². The van der Waals surface area contributed by atoms with Gasteiger partial charge in [-0.2, -0.15) is 0 Å². The van der Waals surface area contributed by atoms with Crippen molar-refractivity contribution in [2.45, 2.75) is 44.6 Å². The fourth-order valence-electron chi connectivity index (χ4n) is 4.47. The third-order valence-corrected chi connectivity index (χ3v) is 6.40. The summed E-state index contributed by atoms with van der Waals surface area (Å²) in [6.45, 7) is 3.42. The van der Waals surface area contributed by atoms with E-state index in [4.69, 9.17) is 21.6 Å². The van der Waals surface area contributed by atoms with Gasteiger partial charge in [0.2, 0.25) is 5.91 Å². The summed E-state index contributed by atoms with van der Waals surface area (Å²) in [5, 5.41) is 3.98. The van der Waals surface area contributed by atoms with Gasteiger partial charge in [0, 0.05) is 62.6 Å². The first kappa shape index (κ1) is 21.1. The predicted octanol–water partition coefficient (Wildman–Crippen LogP) is 3.50. The molecule has 0 radical (unpaired) electrons. The highest BCUT2D eigenvalue weighted by Gasteiger charge is 2.28. The molecule has 7 heteroatoms. The van der Waals surface area contributed by atoms with Gasteiger partial charge in [-0.3, -0.25) is 4.79 Å². The lowest BCUT2D eigenvalue weighted by Crippen LogP contribution is -2.40. The minimum absolute atomic E-state index is 0.200. The van der Waals surface area contributed by atoms with Gasteiger partial charge in [-0.25, -0.2) is 9.97 Å². The maximum Gasteiger partial charge on any atom is 0.222 e. The monoisotopic (exact) mass is 427 g/mol. The molecule has 4 rings (SSSR count). The molecule has 1 amide bonds. The van der Waals surface area contributed by atoms with E-state index in [1.165, 1.54) is 5.56 Å². The van der Waals surface area contributed by atoms with Crippen LogP contribution in [-0.2, 0) is 24.2 Å². The average Bonchev–Trinajstić information content (AvgIpc) is 2.77. The molecule has 6 nitrogen and oxygen atoms in total. The van der Waals surface area contributed by atoms with Crippen LogP contribution in [0.2, 0.25) is 5.02 Å². The van der Waals surface area contributed by atoms with Gasteiger partial charge in [-0.1, -0.05) is 23.7 Å². The van der Waals surface area contributed by atoms with Crippen LogP contribution < -0.4 is 5.32 Å². The average molecular weight is 428 g/mol. The molecule has 0 spiro atoms. The van der Waals surface area contributed by atoms with Crippen LogP contribution in [-0.4, -0.2) is 59.4 Å². The molecule has 0 bridgehead atoms.